The van der Waals surface area contributed by atoms with Crippen molar-refractivity contribution >= 4 is 152 Å². The quantitative estimate of drug-likeness (QED) is 0.0109. The molecule has 45 nitrogen and oxygen atoms in total. The summed E-state index contributed by atoms with van der Waals surface area (Å²) in [5.41, 5.74) is 38.6. The molecule has 0 bridgehead atoms. The number of carbonyl (C=O) groups is 2. The number of methoxy groups -OCH3 is 1. The van der Waals surface area contributed by atoms with Gasteiger partial charge < -0.3 is 105 Å². The molecule has 2 fully saturated rings. The summed E-state index contributed by atoms with van der Waals surface area (Å²) in [6, 6.07) is 81.5. The first kappa shape index (κ1) is 102. The highest BCUT2D eigenvalue weighted by Gasteiger charge is 2.22. The van der Waals surface area contributed by atoms with Crippen molar-refractivity contribution in [3.8, 4) is 57.9 Å². The van der Waals surface area contributed by atoms with Gasteiger partial charge in [0.1, 0.15) is 46.9 Å². The fraction of sp³-hybridized carbons (Fsp3) is 0.158. The molecule has 0 radical (unpaired) electrons. The molecule has 10 aromatic carbocycles. The lowest BCUT2D eigenvalue weighted by Gasteiger charge is -2.28. The van der Waals surface area contributed by atoms with Crippen molar-refractivity contribution in [2.24, 2.45) is 0 Å². The SMILES string of the molecule is CC(=O)Nc1cc(NC(C)=O)cc(Nc2nc(N)n(-c3ccc(C#N)cc3)n2)c1.COc1cc(Nc2nc(N)n(-c3ccnc(SC)n3)n2)ccc1OCCCN1CCOCC1.Cc1nc(Nc2ccccc2)cc(-n2nc(Nc3ccccc3F)nc2N)n1.Nc1nc(Nc2ccc(N3CCOCC3)cc2)nn1-c1cccc(Oc2ccccc2)c1.Nc1nc(Nc2ccccc2F)nn1-c1cc(Nc2ccccc2)ncn1. The Labute approximate surface area is 856 Å². The first-order chi connectivity index (χ1) is 72.5. The maximum Gasteiger partial charge on any atom is 0.248 e. The normalized spacial score (nSPS) is 12.0. The minimum atomic E-state index is -0.413. The molecule has 0 unspecified atom stereocenters. The van der Waals surface area contributed by atoms with Gasteiger partial charge in [0.15, 0.2) is 34.1 Å². The number of halogens is 2. The molecule has 2 aliphatic rings. The van der Waals surface area contributed by atoms with E-state index in [9.17, 15) is 18.4 Å². The molecule has 8 aromatic heterocycles. The average molecular weight is 2030 g/mol. The molecule has 0 spiro atoms. The van der Waals surface area contributed by atoms with Gasteiger partial charge in [-0.15, -0.1) is 25.5 Å². The summed E-state index contributed by atoms with van der Waals surface area (Å²) in [6.07, 6.45) is 5.89. The Hall–Kier alpha value is -19.5. The van der Waals surface area contributed by atoms with E-state index in [1.165, 1.54) is 68.5 Å². The minimum Gasteiger partial charge on any atom is -0.493 e. The van der Waals surface area contributed by atoms with Crippen LogP contribution < -0.4 is 95.6 Å². The molecular formula is C101H102F2N38O7S. The molecule has 2 aliphatic heterocycles. The van der Waals surface area contributed by atoms with Crippen LogP contribution in [0.3, 0.4) is 0 Å². The highest BCUT2D eigenvalue weighted by molar-refractivity contribution is 7.98. The summed E-state index contributed by atoms with van der Waals surface area (Å²) in [5, 5.41) is 58.0. The fourth-order valence-corrected chi connectivity index (χ4v) is 15.0. The zero-order valence-corrected chi connectivity index (χ0v) is 81.8. The summed E-state index contributed by atoms with van der Waals surface area (Å²) >= 11 is 1.44. The second kappa shape index (κ2) is 49.9. The van der Waals surface area contributed by atoms with E-state index < -0.39 is 11.6 Å². The van der Waals surface area contributed by atoms with Gasteiger partial charge >= 0.3 is 0 Å². The number of nitrogens with one attached hydrogen (secondary N) is 9. The summed E-state index contributed by atoms with van der Waals surface area (Å²) < 4.78 is 63.0. The Morgan fingerprint density at radius 2 is 0.899 bits per heavy atom. The number of para-hydroxylation sites is 5. The van der Waals surface area contributed by atoms with Crippen LogP contribution in [0.15, 0.2) is 285 Å². The number of thioether (sulfide) groups is 1. The topological polar surface area (TPSA) is 580 Å². The third kappa shape index (κ3) is 28.9. The van der Waals surface area contributed by atoms with Crippen molar-refractivity contribution in [1.82, 2.24) is 109 Å². The lowest BCUT2D eigenvalue weighted by Crippen LogP contribution is -2.37. The number of benzene rings is 10. The average Bonchev–Trinajstić information content (AvgIpc) is 1.66. The molecule has 149 heavy (non-hydrogen) atoms. The number of nitrogens with two attached hydrogens (primary N) is 5. The standard InChI is InChI=1S/C24H24N6O2.C21H28N8O3S.C19H17FN8.C19H18N8O2.C18H15FN8/c25-23-27-24(26-18-9-11-19(12-10-18)29-13-15-31-16-14-29)28-30(23)20-5-4-8-22(17-20)32-21-6-2-1-3-7-21;1-30-17-14-15(4-5-16(17)32-11-3-8-28-9-12-31-13-10-28)24-20-26-19(22)29(27-20)18-6-7-23-21(25-18)33-2;1-12-22-16(24-13-7-3-2-4-8-13)11-17(23-12)28-18(21)26-19(27-28)25-15-10-6-5-9-14(15)20;1-11(28)22-14-7-15(23-12(2)29)9-16(8-14)24-19-25-18(21)27(26-19)17-5-3-13(10-20)4-6-17;19-13-8-4-5-9-14(13)24-18-25-17(20)27(26-18)16-10-15(21-11-22-16)23-12-6-2-1-3-7-12/h1-12,17H,13-16H2,(H3,25,26,27,28);4-7,14H,3,8-13H2,1-2H3,(H3,22,24,26,27);2-11H,1H3,(H,22,23,24)(H3,21,25,26,27);3-9H,1-2H3,(H,22,28)(H,23,29)(H3,21,24,25,26);1-11H,(H,21,22,23)(H3,20,24,25,26). The van der Waals surface area contributed by atoms with E-state index in [1.54, 1.807) is 122 Å². The number of hydrogen-bond donors (Lipinski definition) is 14. The third-order valence-corrected chi connectivity index (χ3v) is 22.0. The van der Waals surface area contributed by atoms with Crippen LogP contribution in [0.5, 0.6) is 23.0 Å². The van der Waals surface area contributed by atoms with E-state index in [0.29, 0.717) is 104 Å². The molecule has 20 rings (SSSR count). The molecule has 0 aliphatic carbocycles. The van der Waals surface area contributed by atoms with Crippen molar-refractivity contribution in [2.75, 3.05) is 161 Å². The number of amides is 2. The van der Waals surface area contributed by atoms with Gasteiger partial charge in [-0.1, -0.05) is 96.7 Å². The highest BCUT2D eigenvalue weighted by Crippen LogP contribution is 2.35. The molecule has 758 valence electrons. The number of nitrogen functional groups attached to an aromatic ring is 5. The van der Waals surface area contributed by atoms with Gasteiger partial charge in [-0.25, -0.2) is 38.7 Å². The molecule has 0 atom stereocenters. The molecule has 0 saturated carbocycles. The smallest absolute Gasteiger partial charge is 0.248 e. The number of ether oxygens (including phenoxy) is 5. The third-order valence-electron chi connectivity index (χ3n) is 21.4. The molecule has 2 saturated heterocycles. The number of rotatable bonds is 31. The molecule has 19 N–H and O–H groups in total. The number of anilines is 22. The van der Waals surface area contributed by atoms with Gasteiger partial charge in [-0.05, 0) is 171 Å². The van der Waals surface area contributed by atoms with Gasteiger partial charge in [0, 0.05) is 129 Å². The summed E-state index contributed by atoms with van der Waals surface area (Å²) in [5.74, 6) is 6.76. The van der Waals surface area contributed by atoms with Gasteiger partial charge in [0.05, 0.1) is 74.5 Å². The van der Waals surface area contributed by atoms with Crippen LogP contribution in [-0.2, 0) is 19.1 Å². The number of morpholine rings is 2. The Bertz CT molecular complexity index is 7550. The maximum atomic E-state index is 13.8. The number of carbonyl (C=O) groups excluding carboxylic acids is 2. The summed E-state index contributed by atoms with van der Waals surface area (Å²) in [6.45, 7) is 13.1. The van der Waals surface area contributed by atoms with Crippen LogP contribution in [0, 0.1) is 29.9 Å². The number of nitriles is 1. The van der Waals surface area contributed by atoms with E-state index >= 15 is 0 Å². The van der Waals surface area contributed by atoms with E-state index in [4.69, 9.17) is 57.6 Å². The van der Waals surface area contributed by atoms with Crippen LogP contribution in [0.2, 0.25) is 0 Å². The number of aryl methyl sites for hydroxylation is 1. The van der Waals surface area contributed by atoms with E-state index in [0.717, 1.165) is 99.8 Å². The number of hydrogen-bond acceptors (Lipinski definition) is 39. The Balaban J connectivity index is 0.000000133. The van der Waals surface area contributed by atoms with Crippen molar-refractivity contribution < 1.29 is 42.1 Å². The number of nitrogens with zero attached hydrogens (tertiary/aromatic N) is 24. The molecular weight excluding hydrogens is 1930 g/mol. The first-order valence-corrected chi connectivity index (χ1v) is 47.5. The van der Waals surface area contributed by atoms with Crippen molar-refractivity contribution in [3.05, 3.63) is 302 Å². The van der Waals surface area contributed by atoms with Crippen LogP contribution in [0.4, 0.5) is 137 Å². The number of aromatic nitrogens is 21. The zero-order valence-electron chi connectivity index (χ0n) is 81.0. The van der Waals surface area contributed by atoms with Gasteiger partial charge in [-0.3, -0.25) is 14.5 Å². The van der Waals surface area contributed by atoms with Crippen molar-refractivity contribution in [1.29, 1.82) is 5.26 Å². The van der Waals surface area contributed by atoms with E-state index in [2.05, 4.69) is 150 Å². The largest absolute Gasteiger partial charge is 0.493 e. The van der Waals surface area contributed by atoms with Crippen molar-refractivity contribution in [3.63, 3.8) is 0 Å². The Kier molecular flexibility index (Phi) is 34.3. The molecule has 48 heteroatoms. The summed E-state index contributed by atoms with van der Waals surface area (Å²) in [4.78, 5) is 74.2. The van der Waals surface area contributed by atoms with Crippen LogP contribution in [-0.4, -0.2) is 200 Å². The maximum absolute atomic E-state index is 13.8. The fourth-order valence-electron chi connectivity index (χ4n) is 14.6. The van der Waals surface area contributed by atoms with Gasteiger partial charge in [0.2, 0.25) is 71.3 Å². The predicted octanol–water partition coefficient (Wildman–Crippen LogP) is 15.7. The van der Waals surface area contributed by atoms with Gasteiger partial charge in [-0.2, -0.15) is 53.6 Å². The van der Waals surface area contributed by atoms with E-state index in [-0.39, 0.29) is 70.8 Å². The highest BCUT2D eigenvalue weighted by atomic mass is 32.2. The zero-order chi connectivity index (χ0) is 104. The van der Waals surface area contributed by atoms with Crippen LogP contribution in [0.25, 0.3) is 28.8 Å². The van der Waals surface area contributed by atoms with Crippen LogP contribution in [0.1, 0.15) is 31.7 Å². The molecule has 2 amide bonds. The minimum absolute atomic E-state index is 0.109. The second-order valence-corrected chi connectivity index (χ2v) is 33.1. The Morgan fingerprint density at radius 3 is 1.47 bits per heavy atom. The van der Waals surface area contributed by atoms with Gasteiger partial charge in [0.25, 0.3) is 0 Å². The summed E-state index contributed by atoms with van der Waals surface area (Å²) in [7, 11) is 1.61. The monoisotopic (exact) mass is 2030 g/mol. The molecule has 18 aromatic rings. The Morgan fingerprint density at radius 1 is 0.423 bits per heavy atom. The lowest BCUT2D eigenvalue weighted by atomic mass is 10.2. The first-order valence-electron chi connectivity index (χ1n) is 46.3. The van der Waals surface area contributed by atoms with Crippen molar-refractivity contribution in [2.45, 2.75) is 32.3 Å². The van der Waals surface area contributed by atoms with Crippen LogP contribution >= 0.6 is 11.8 Å². The lowest BCUT2D eigenvalue weighted by molar-refractivity contribution is -0.115. The predicted molar refractivity (Wildman–Crippen MR) is 567 cm³/mol. The van der Waals surface area contributed by atoms with E-state index in [1.807, 2.05) is 158 Å². The second-order valence-electron chi connectivity index (χ2n) is 32.3. The molecule has 10 heterocycles.